The summed E-state index contributed by atoms with van der Waals surface area (Å²) in [7, 11) is 0. The van der Waals surface area contributed by atoms with Gasteiger partial charge in [0.1, 0.15) is 6.04 Å². The number of hydrogen-bond donors (Lipinski definition) is 2. The van der Waals surface area contributed by atoms with Crippen LogP contribution in [0.15, 0.2) is 12.7 Å². The molecule has 140 valence electrons. The third kappa shape index (κ3) is 4.27. The largest absolute Gasteiger partial charge is 0.368 e. The molecule has 4 rings (SSSR count). The van der Waals surface area contributed by atoms with Crippen molar-refractivity contribution in [1.29, 1.82) is 0 Å². The van der Waals surface area contributed by atoms with E-state index >= 15 is 0 Å². The Morgan fingerprint density at radius 3 is 2.12 bits per heavy atom. The molecule has 0 aromatic heterocycles. The number of rotatable bonds is 10. The average molecular weight is 347 g/mol. The second-order valence-corrected chi connectivity index (χ2v) is 8.91. The number of allylic oxidation sites excluding steroid dienone is 1. The molecule has 4 bridgehead atoms. The minimum absolute atomic E-state index is 0.113. The summed E-state index contributed by atoms with van der Waals surface area (Å²) in [6.07, 6.45) is 15.0. The Morgan fingerprint density at radius 1 is 1.04 bits per heavy atom. The van der Waals surface area contributed by atoms with E-state index in [0.29, 0.717) is 6.42 Å². The molecule has 4 aliphatic carbocycles. The molecule has 0 heterocycles. The summed E-state index contributed by atoms with van der Waals surface area (Å²) in [5.74, 6) is 1.92. The number of hydrogen-bond acceptors (Lipinski definition) is 2. The summed E-state index contributed by atoms with van der Waals surface area (Å²) < 4.78 is 0. The van der Waals surface area contributed by atoms with E-state index in [1.165, 1.54) is 19.3 Å². The van der Waals surface area contributed by atoms with Crippen LogP contribution < -0.4 is 11.1 Å². The monoisotopic (exact) mass is 346 g/mol. The molecule has 0 aromatic rings. The minimum Gasteiger partial charge on any atom is -0.368 e. The molecule has 0 aliphatic heterocycles. The second-order valence-electron chi connectivity index (χ2n) is 8.91. The summed E-state index contributed by atoms with van der Waals surface area (Å²) in [5, 5.41) is 3.05. The molecule has 2 amide bonds. The number of carbonyl (C=O) groups excluding carboxylic acids is 2. The summed E-state index contributed by atoms with van der Waals surface area (Å²) >= 11 is 0. The Balaban J connectivity index is 1.51. The van der Waals surface area contributed by atoms with Crippen LogP contribution in [0.2, 0.25) is 0 Å². The average Bonchev–Trinajstić information content (AvgIpc) is 2.55. The first-order valence-corrected chi connectivity index (χ1v) is 10.2. The van der Waals surface area contributed by atoms with Crippen molar-refractivity contribution in [2.45, 2.75) is 83.1 Å². The van der Waals surface area contributed by atoms with E-state index in [4.69, 9.17) is 5.73 Å². The zero-order valence-corrected chi connectivity index (χ0v) is 15.5. The quantitative estimate of drug-likeness (QED) is 0.467. The molecule has 0 unspecified atom stereocenters. The fourth-order valence-corrected chi connectivity index (χ4v) is 5.98. The van der Waals surface area contributed by atoms with Crippen LogP contribution in [0.1, 0.15) is 77.0 Å². The SMILES string of the molecule is C=CCCCCCC[C@H](NC(=O)C12CC3CC(CC(C3)C1)C2)C(N)=O. The Morgan fingerprint density at radius 2 is 1.60 bits per heavy atom. The topological polar surface area (TPSA) is 72.2 Å². The molecular formula is C21H34N2O2. The van der Waals surface area contributed by atoms with Crippen molar-refractivity contribution in [2.24, 2.45) is 28.9 Å². The molecule has 4 nitrogen and oxygen atoms in total. The molecule has 25 heavy (non-hydrogen) atoms. The van der Waals surface area contributed by atoms with Crippen LogP contribution in [0.5, 0.6) is 0 Å². The van der Waals surface area contributed by atoms with Gasteiger partial charge in [-0.3, -0.25) is 9.59 Å². The second kappa shape index (κ2) is 7.92. The maximum absolute atomic E-state index is 13.1. The van der Waals surface area contributed by atoms with Crippen molar-refractivity contribution >= 4 is 11.8 Å². The van der Waals surface area contributed by atoms with E-state index in [1.54, 1.807) is 0 Å². The lowest BCUT2D eigenvalue weighted by atomic mass is 9.49. The molecular weight excluding hydrogens is 312 g/mol. The molecule has 4 saturated carbocycles. The van der Waals surface area contributed by atoms with Crippen molar-refractivity contribution in [1.82, 2.24) is 5.32 Å². The van der Waals surface area contributed by atoms with Gasteiger partial charge in [-0.2, -0.15) is 0 Å². The maximum atomic E-state index is 13.1. The number of carbonyl (C=O) groups is 2. The zero-order chi connectivity index (χ0) is 17.9. The third-order valence-electron chi connectivity index (χ3n) is 6.82. The predicted octanol–water partition coefficient (Wildman–Crippen LogP) is 3.70. The fourth-order valence-electron chi connectivity index (χ4n) is 5.98. The summed E-state index contributed by atoms with van der Waals surface area (Å²) in [4.78, 5) is 24.9. The Bertz CT molecular complexity index is 479. The minimum atomic E-state index is -0.500. The molecule has 4 heteroatoms. The van der Waals surface area contributed by atoms with Gasteiger partial charge < -0.3 is 11.1 Å². The number of nitrogens with two attached hydrogens (primary N) is 1. The van der Waals surface area contributed by atoms with E-state index in [9.17, 15) is 9.59 Å². The summed E-state index contributed by atoms with van der Waals surface area (Å²) in [5.41, 5.74) is 5.37. The lowest BCUT2D eigenvalue weighted by Crippen LogP contribution is -2.56. The summed E-state index contributed by atoms with van der Waals surface area (Å²) in [6, 6.07) is -0.500. The Hall–Kier alpha value is -1.32. The van der Waals surface area contributed by atoms with Crippen LogP contribution in [0.4, 0.5) is 0 Å². The summed E-state index contributed by atoms with van der Waals surface area (Å²) in [6.45, 7) is 3.73. The van der Waals surface area contributed by atoms with Crippen LogP contribution in [0, 0.1) is 23.2 Å². The van der Waals surface area contributed by atoms with Gasteiger partial charge in [0.25, 0.3) is 0 Å². The predicted molar refractivity (Wildman–Crippen MR) is 99.6 cm³/mol. The van der Waals surface area contributed by atoms with E-state index in [0.717, 1.165) is 69.1 Å². The van der Waals surface area contributed by atoms with Crippen LogP contribution in [-0.4, -0.2) is 17.9 Å². The number of unbranched alkanes of at least 4 members (excludes halogenated alkanes) is 4. The van der Waals surface area contributed by atoms with Gasteiger partial charge in [-0.05, 0) is 75.5 Å². The Labute approximate surface area is 152 Å². The normalized spacial score (nSPS) is 33.8. The van der Waals surface area contributed by atoms with Crippen LogP contribution in [0.25, 0.3) is 0 Å². The molecule has 4 fully saturated rings. The van der Waals surface area contributed by atoms with E-state index in [2.05, 4.69) is 11.9 Å². The van der Waals surface area contributed by atoms with Gasteiger partial charge in [0.15, 0.2) is 0 Å². The standard InChI is InChI=1S/C21H34N2O2/c1-2-3-4-5-6-7-8-18(19(22)24)23-20(25)21-12-15-9-16(13-21)11-17(10-15)14-21/h2,15-18H,1,3-14H2,(H2,22,24)(H,23,25)/t15?,16?,17?,18-,21?/m0/s1. The van der Waals surface area contributed by atoms with Crippen molar-refractivity contribution in [3.63, 3.8) is 0 Å². The number of nitrogens with one attached hydrogen (secondary N) is 1. The fraction of sp³-hybridized carbons (Fsp3) is 0.810. The molecule has 1 atom stereocenters. The lowest BCUT2D eigenvalue weighted by Gasteiger charge is -2.55. The number of primary amides is 1. The Kier molecular flexibility index (Phi) is 5.85. The highest BCUT2D eigenvalue weighted by Crippen LogP contribution is 2.60. The van der Waals surface area contributed by atoms with Gasteiger partial charge in [-0.25, -0.2) is 0 Å². The van der Waals surface area contributed by atoms with Gasteiger partial charge in [-0.1, -0.05) is 25.3 Å². The highest BCUT2D eigenvalue weighted by atomic mass is 16.2. The first-order chi connectivity index (χ1) is 12.0. The first kappa shape index (κ1) is 18.5. The van der Waals surface area contributed by atoms with Gasteiger partial charge in [-0.15, -0.1) is 6.58 Å². The van der Waals surface area contributed by atoms with E-state index in [-0.39, 0.29) is 17.2 Å². The number of amides is 2. The third-order valence-corrected chi connectivity index (χ3v) is 6.82. The lowest BCUT2D eigenvalue weighted by molar-refractivity contribution is -0.148. The van der Waals surface area contributed by atoms with Crippen molar-refractivity contribution in [2.75, 3.05) is 0 Å². The smallest absolute Gasteiger partial charge is 0.239 e. The molecule has 4 aliphatic rings. The van der Waals surface area contributed by atoms with E-state index < -0.39 is 6.04 Å². The molecule has 0 spiro atoms. The van der Waals surface area contributed by atoms with Gasteiger partial charge >= 0.3 is 0 Å². The maximum Gasteiger partial charge on any atom is 0.239 e. The highest BCUT2D eigenvalue weighted by molar-refractivity contribution is 5.89. The molecule has 3 N–H and O–H groups in total. The van der Waals surface area contributed by atoms with Gasteiger partial charge in [0.05, 0.1) is 0 Å². The van der Waals surface area contributed by atoms with Crippen LogP contribution in [0.3, 0.4) is 0 Å². The zero-order valence-electron chi connectivity index (χ0n) is 15.5. The first-order valence-electron chi connectivity index (χ1n) is 10.2. The molecule has 0 radical (unpaired) electrons. The van der Waals surface area contributed by atoms with Gasteiger partial charge in [0, 0.05) is 5.41 Å². The molecule has 0 saturated heterocycles. The van der Waals surface area contributed by atoms with Crippen LogP contribution >= 0.6 is 0 Å². The van der Waals surface area contributed by atoms with Crippen LogP contribution in [-0.2, 0) is 9.59 Å². The van der Waals surface area contributed by atoms with Crippen molar-refractivity contribution in [3.05, 3.63) is 12.7 Å². The van der Waals surface area contributed by atoms with Gasteiger partial charge in [0.2, 0.25) is 11.8 Å². The highest BCUT2D eigenvalue weighted by Gasteiger charge is 2.54. The molecule has 0 aromatic carbocycles. The van der Waals surface area contributed by atoms with Crippen molar-refractivity contribution in [3.8, 4) is 0 Å². The van der Waals surface area contributed by atoms with E-state index in [1.807, 2.05) is 6.08 Å². The van der Waals surface area contributed by atoms with Crippen molar-refractivity contribution < 1.29 is 9.59 Å².